The number of carbonyl (C=O) groups excluding carboxylic acids is 1. The van der Waals surface area contributed by atoms with E-state index in [1.807, 2.05) is 17.2 Å². The van der Waals surface area contributed by atoms with Crippen molar-refractivity contribution in [2.24, 2.45) is 0 Å². The van der Waals surface area contributed by atoms with Gasteiger partial charge in [-0.15, -0.1) is 0 Å². The topological polar surface area (TPSA) is 32.3 Å². The third-order valence-electron chi connectivity index (χ3n) is 2.50. The van der Waals surface area contributed by atoms with Gasteiger partial charge in [-0.25, -0.2) is 0 Å². The van der Waals surface area contributed by atoms with Gasteiger partial charge in [0.2, 0.25) is 5.91 Å². The molecule has 0 aliphatic carbocycles. The van der Waals surface area contributed by atoms with E-state index < -0.39 is 0 Å². The second-order valence-corrected chi connectivity index (χ2v) is 3.39. The van der Waals surface area contributed by atoms with E-state index >= 15 is 0 Å². The maximum Gasteiger partial charge on any atom is 0.249 e. The van der Waals surface area contributed by atoms with Crippen molar-refractivity contribution in [1.82, 2.24) is 10.2 Å². The lowest BCUT2D eigenvalue weighted by Gasteiger charge is -2.31. The van der Waals surface area contributed by atoms with Crippen LogP contribution in [0, 0.1) is 0 Å². The van der Waals surface area contributed by atoms with E-state index in [1.165, 1.54) is 19.3 Å². The van der Waals surface area contributed by atoms with Crippen molar-refractivity contribution < 1.29 is 4.79 Å². The standard InChI is InChI=1S/C9H14N2O/c12-9(8-4-5-10-8)11-6-2-1-3-7-11/h4-5,8,10H,1-3,6-7H2. The van der Waals surface area contributed by atoms with E-state index in [9.17, 15) is 4.79 Å². The Morgan fingerprint density at radius 3 is 2.50 bits per heavy atom. The van der Waals surface area contributed by atoms with Crippen molar-refractivity contribution in [1.29, 1.82) is 0 Å². The Bertz CT molecular complexity index is 207. The number of rotatable bonds is 1. The fraction of sp³-hybridized carbons (Fsp3) is 0.667. The molecule has 2 heterocycles. The summed E-state index contributed by atoms with van der Waals surface area (Å²) in [6.45, 7) is 1.90. The Morgan fingerprint density at radius 2 is 2.00 bits per heavy atom. The molecule has 2 rings (SSSR count). The number of hydrogen-bond acceptors (Lipinski definition) is 2. The van der Waals surface area contributed by atoms with Crippen LogP contribution in [0.15, 0.2) is 12.3 Å². The molecule has 3 heteroatoms. The van der Waals surface area contributed by atoms with Crippen LogP contribution >= 0.6 is 0 Å². The number of hydrogen-bond donors (Lipinski definition) is 1. The SMILES string of the molecule is O=C(C1C=CN1)N1CCCCC1. The Kier molecular flexibility index (Phi) is 2.02. The lowest BCUT2D eigenvalue weighted by molar-refractivity contribution is -0.133. The Hall–Kier alpha value is -0.990. The molecule has 3 nitrogen and oxygen atoms in total. The minimum Gasteiger partial charge on any atom is -0.377 e. The second kappa shape index (κ2) is 3.17. The first kappa shape index (κ1) is 7.65. The molecule has 2 aliphatic rings. The molecule has 1 N–H and O–H groups in total. The number of carbonyl (C=O) groups is 1. The lowest BCUT2D eigenvalue weighted by atomic mass is 10.1. The minimum absolute atomic E-state index is 0.0249. The number of piperidine rings is 1. The summed E-state index contributed by atoms with van der Waals surface area (Å²) in [4.78, 5) is 13.6. The van der Waals surface area contributed by atoms with Crippen molar-refractivity contribution in [3.63, 3.8) is 0 Å². The van der Waals surface area contributed by atoms with E-state index in [-0.39, 0.29) is 11.9 Å². The number of likely N-dealkylation sites (tertiary alicyclic amines) is 1. The summed E-state index contributed by atoms with van der Waals surface area (Å²) in [5, 5.41) is 2.97. The van der Waals surface area contributed by atoms with Crippen molar-refractivity contribution in [2.45, 2.75) is 25.3 Å². The van der Waals surface area contributed by atoms with E-state index in [1.54, 1.807) is 0 Å². The zero-order chi connectivity index (χ0) is 8.39. The van der Waals surface area contributed by atoms with Gasteiger partial charge in [-0.3, -0.25) is 4.79 Å². The first-order valence-electron chi connectivity index (χ1n) is 4.59. The monoisotopic (exact) mass is 166 g/mol. The summed E-state index contributed by atoms with van der Waals surface area (Å²) in [7, 11) is 0. The van der Waals surface area contributed by atoms with Crippen LogP contribution in [0.5, 0.6) is 0 Å². The van der Waals surface area contributed by atoms with Gasteiger partial charge in [0.15, 0.2) is 0 Å². The van der Waals surface area contributed by atoms with E-state index in [2.05, 4.69) is 5.32 Å². The first-order chi connectivity index (χ1) is 5.88. The normalized spacial score (nSPS) is 27.7. The predicted octanol–water partition coefficient (Wildman–Crippen LogP) is 0.484. The van der Waals surface area contributed by atoms with Crippen molar-refractivity contribution in [3.8, 4) is 0 Å². The van der Waals surface area contributed by atoms with Crippen LogP contribution in [0.2, 0.25) is 0 Å². The molecule has 0 aromatic carbocycles. The van der Waals surface area contributed by atoms with Crippen LogP contribution < -0.4 is 5.32 Å². The highest BCUT2D eigenvalue weighted by Crippen LogP contribution is 2.11. The van der Waals surface area contributed by atoms with Gasteiger partial charge in [0, 0.05) is 13.1 Å². The summed E-state index contributed by atoms with van der Waals surface area (Å²) in [6, 6.07) is -0.0249. The summed E-state index contributed by atoms with van der Waals surface area (Å²) < 4.78 is 0. The summed E-state index contributed by atoms with van der Waals surface area (Å²) in [5.74, 6) is 0.247. The zero-order valence-corrected chi connectivity index (χ0v) is 7.12. The number of amides is 1. The molecule has 1 saturated heterocycles. The fourth-order valence-electron chi connectivity index (χ4n) is 1.66. The molecular weight excluding hydrogens is 152 g/mol. The molecule has 0 aromatic rings. The molecule has 12 heavy (non-hydrogen) atoms. The molecule has 2 aliphatic heterocycles. The van der Waals surface area contributed by atoms with Crippen molar-refractivity contribution in [2.75, 3.05) is 13.1 Å². The van der Waals surface area contributed by atoms with Gasteiger partial charge >= 0.3 is 0 Å². The van der Waals surface area contributed by atoms with Crippen molar-refractivity contribution in [3.05, 3.63) is 12.3 Å². The fourth-order valence-corrected chi connectivity index (χ4v) is 1.66. The van der Waals surface area contributed by atoms with Gasteiger partial charge in [-0.1, -0.05) is 0 Å². The summed E-state index contributed by atoms with van der Waals surface area (Å²) >= 11 is 0. The summed E-state index contributed by atoms with van der Waals surface area (Å²) in [5.41, 5.74) is 0. The van der Waals surface area contributed by atoms with E-state index in [0.29, 0.717) is 0 Å². The van der Waals surface area contributed by atoms with Gasteiger partial charge < -0.3 is 10.2 Å². The molecule has 0 radical (unpaired) electrons. The Morgan fingerprint density at radius 1 is 1.33 bits per heavy atom. The van der Waals surface area contributed by atoms with Crippen LogP contribution in [-0.4, -0.2) is 29.9 Å². The Balaban J connectivity index is 1.89. The minimum atomic E-state index is -0.0249. The average molecular weight is 166 g/mol. The molecular formula is C9H14N2O. The van der Waals surface area contributed by atoms with E-state index in [0.717, 1.165) is 13.1 Å². The van der Waals surface area contributed by atoms with Crippen LogP contribution in [0.1, 0.15) is 19.3 Å². The van der Waals surface area contributed by atoms with Crippen molar-refractivity contribution >= 4 is 5.91 Å². The molecule has 1 unspecified atom stereocenters. The van der Waals surface area contributed by atoms with Crippen LogP contribution in [0.25, 0.3) is 0 Å². The number of nitrogens with one attached hydrogen (secondary N) is 1. The average Bonchev–Trinajstić information content (AvgIpc) is 2.03. The highest BCUT2D eigenvalue weighted by atomic mass is 16.2. The maximum absolute atomic E-state index is 11.6. The smallest absolute Gasteiger partial charge is 0.249 e. The van der Waals surface area contributed by atoms with E-state index in [4.69, 9.17) is 0 Å². The third-order valence-corrected chi connectivity index (χ3v) is 2.50. The van der Waals surface area contributed by atoms with Crippen LogP contribution in [0.3, 0.4) is 0 Å². The molecule has 1 amide bonds. The molecule has 1 atom stereocenters. The lowest BCUT2D eigenvalue weighted by Crippen LogP contribution is -2.49. The number of nitrogens with zero attached hydrogens (tertiary/aromatic N) is 1. The molecule has 66 valence electrons. The molecule has 0 aromatic heterocycles. The molecule has 1 fully saturated rings. The largest absolute Gasteiger partial charge is 0.377 e. The van der Waals surface area contributed by atoms with Crippen LogP contribution in [0.4, 0.5) is 0 Å². The Labute approximate surface area is 72.4 Å². The zero-order valence-electron chi connectivity index (χ0n) is 7.12. The maximum atomic E-state index is 11.6. The van der Waals surface area contributed by atoms with Gasteiger partial charge in [0.05, 0.1) is 0 Å². The second-order valence-electron chi connectivity index (χ2n) is 3.39. The van der Waals surface area contributed by atoms with Gasteiger partial charge in [0.25, 0.3) is 0 Å². The van der Waals surface area contributed by atoms with Gasteiger partial charge in [-0.2, -0.15) is 0 Å². The van der Waals surface area contributed by atoms with Gasteiger partial charge in [0.1, 0.15) is 6.04 Å². The molecule has 0 saturated carbocycles. The molecule has 0 bridgehead atoms. The highest BCUT2D eigenvalue weighted by Gasteiger charge is 2.25. The first-order valence-corrected chi connectivity index (χ1v) is 4.59. The van der Waals surface area contributed by atoms with Gasteiger partial charge in [-0.05, 0) is 31.5 Å². The summed E-state index contributed by atoms with van der Waals surface area (Å²) in [6.07, 6.45) is 7.35. The molecule has 0 spiro atoms. The van der Waals surface area contributed by atoms with Crippen LogP contribution in [-0.2, 0) is 4.79 Å². The third kappa shape index (κ3) is 1.31. The predicted molar refractivity (Wildman–Crippen MR) is 46.5 cm³/mol. The quantitative estimate of drug-likeness (QED) is 0.614. The highest BCUT2D eigenvalue weighted by molar-refractivity contribution is 5.85.